The fraction of sp³-hybridized carbons (Fsp3) is 0.286. The van der Waals surface area contributed by atoms with Gasteiger partial charge in [-0.2, -0.15) is 0 Å². The minimum atomic E-state index is -0.509. The maximum absolute atomic E-state index is 13.1. The molecule has 6 nitrogen and oxygen atoms in total. The molecule has 0 spiro atoms. The molecule has 1 aromatic heterocycles. The second-order valence-electron chi connectivity index (χ2n) is 7.05. The molecule has 1 aliphatic heterocycles. The normalized spacial score (nSPS) is 16.5. The standard InChI is InChI=1S/C21H20FN3O3/c22-18-8-6-15(7-9-18)12-19-23-28-21(27)25(19)14-16-10-11-24(13-16)20(26)17-4-2-1-3-5-17/h1-9,16H,10-14H2. The Bertz CT molecular complexity index is 1010. The van der Waals surface area contributed by atoms with Crippen molar-refractivity contribution in [3.8, 4) is 0 Å². The highest BCUT2D eigenvalue weighted by Gasteiger charge is 2.28. The fourth-order valence-electron chi connectivity index (χ4n) is 3.58. The number of nitrogens with zero attached hydrogens (tertiary/aromatic N) is 3. The van der Waals surface area contributed by atoms with Crippen molar-refractivity contribution in [2.75, 3.05) is 13.1 Å². The van der Waals surface area contributed by atoms with Crippen LogP contribution in [0.2, 0.25) is 0 Å². The molecule has 0 radical (unpaired) electrons. The van der Waals surface area contributed by atoms with Crippen LogP contribution in [-0.2, 0) is 13.0 Å². The molecule has 0 N–H and O–H groups in total. The van der Waals surface area contributed by atoms with Crippen molar-refractivity contribution >= 4 is 5.91 Å². The van der Waals surface area contributed by atoms with Crippen molar-refractivity contribution in [2.24, 2.45) is 5.92 Å². The number of aromatic nitrogens is 2. The van der Waals surface area contributed by atoms with Crippen LogP contribution < -0.4 is 5.76 Å². The molecule has 4 rings (SSSR count). The summed E-state index contributed by atoms with van der Waals surface area (Å²) in [5, 5.41) is 3.88. The summed E-state index contributed by atoms with van der Waals surface area (Å²) in [5.41, 5.74) is 1.51. The van der Waals surface area contributed by atoms with Gasteiger partial charge in [0.25, 0.3) is 5.91 Å². The van der Waals surface area contributed by atoms with Crippen LogP contribution in [0.5, 0.6) is 0 Å². The Balaban J connectivity index is 1.44. The van der Waals surface area contributed by atoms with Gasteiger partial charge in [-0.05, 0) is 42.2 Å². The summed E-state index contributed by atoms with van der Waals surface area (Å²) in [6, 6.07) is 15.3. The van der Waals surface area contributed by atoms with Crippen LogP contribution in [0.4, 0.5) is 4.39 Å². The smallest absolute Gasteiger partial charge is 0.338 e. The molecule has 1 atom stereocenters. The number of likely N-dealkylation sites (tertiary alicyclic amines) is 1. The average molecular weight is 381 g/mol. The van der Waals surface area contributed by atoms with Gasteiger partial charge < -0.3 is 4.90 Å². The van der Waals surface area contributed by atoms with Crippen LogP contribution in [0.15, 0.2) is 63.9 Å². The lowest BCUT2D eigenvalue weighted by atomic mass is 10.1. The summed E-state index contributed by atoms with van der Waals surface area (Å²) in [5.74, 6) is -0.158. The number of halogens is 1. The zero-order chi connectivity index (χ0) is 19.5. The highest BCUT2D eigenvalue weighted by molar-refractivity contribution is 5.94. The maximum atomic E-state index is 13.1. The van der Waals surface area contributed by atoms with E-state index in [0.717, 1.165) is 12.0 Å². The van der Waals surface area contributed by atoms with Gasteiger partial charge in [0.2, 0.25) is 0 Å². The van der Waals surface area contributed by atoms with Crippen LogP contribution in [0.25, 0.3) is 0 Å². The predicted octanol–water partition coefficient (Wildman–Crippen LogP) is 2.73. The highest BCUT2D eigenvalue weighted by atomic mass is 19.1. The van der Waals surface area contributed by atoms with Gasteiger partial charge in [0.15, 0.2) is 5.82 Å². The van der Waals surface area contributed by atoms with E-state index in [0.29, 0.717) is 37.4 Å². The fourth-order valence-corrected chi connectivity index (χ4v) is 3.58. The second-order valence-corrected chi connectivity index (χ2v) is 7.05. The van der Waals surface area contributed by atoms with Crippen LogP contribution in [0.3, 0.4) is 0 Å². The Hall–Kier alpha value is -3.22. The van der Waals surface area contributed by atoms with Crippen molar-refractivity contribution in [3.05, 3.63) is 87.9 Å². The minimum Gasteiger partial charge on any atom is -0.338 e. The number of carbonyl (C=O) groups excluding carboxylic acids is 1. The lowest BCUT2D eigenvalue weighted by molar-refractivity contribution is 0.0786. The molecule has 1 amide bonds. The van der Waals surface area contributed by atoms with E-state index < -0.39 is 5.76 Å². The number of rotatable bonds is 5. The monoisotopic (exact) mass is 381 g/mol. The van der Waals surface area contributed by atoms with Gasteiger partial charge in [-0.3, -0.25) is 13.9 Å². The Kier molecular flexibility index (Phi) is 5.06. The molecule has 144 valence electrons. The molecule has 28 heavy (non-hydrogen) atoms. The van der Waals surface area contributed by atoms with E-state index >= 15 is 0 Å². The zero-order valence-corrected chi connectivity index (χ0v) is 15.3. The number of benzene rings is 2. The summed E-state index contributed by atoms with van der Waals surface area (Å²) in [4.78, 5) is 26.5. The first-order chi connectivity index (χ1) is 13.6. The molecule has 1 fully saturated rings. The molecule has 0 bridgehead atoms. The summed E-state index contributed by atoms with van der Waals surface area (Å²) < 4.78 is 19.4. The zero-order valence-electron chi connectivity index (χ0n) is 15.3. The molecular formula is C21H20FN3O3. The van der Waals surface area contributed by atoms with Gasteiger partial charge >= 0.3 is 5.76 Å². The lowest BCUT2D eigenvalue weighted by Crippen LogP contribution is -2.30. The average Bonchev–Trinajstić information content (AvgIpc) is 3.32. The summed E-state index contributed by atoms with van der Waals surface area (Å²) in [7, 11) is 0. The second kappa shape index (κ2) is 7.80. The maximum Gasteiger partial charge on any atom is 0.441 e. The third kappa shape index (κ3) is 3.88. The van der Waals surface area contributed by atoms with E-state index in [2.05, 4.69) is 5.16 Å². The van der Waals surface area contributed by atoms with Crippen molar-refractivity contribution in [3.63, 3.8) is 0 Å². The first-order valence-electron chi connectivity index (χ1n) is 9.24. The quantitative estimate of drug-likeness (QED) is 0.682. The first kappa shape index (κ1) is 18.2. The van der Waals surface area contributed by atoms with Gasteiger partial charge in [-0.15, -0.1) is 0 Å². The number of carbonyl (C=O) groups is 1. The molecule has 1 aliphatic rings. The topological polar surface area (TPSA) is 68.3 Å². The van der Waals surface area contributed by atoms with E-state index in [9.17, 15) is 14.0 Å². The molecule has 0 saturated carbocycles. The van der Waals surface area contributed by atoms with Crippen LogP contribution in [0.1, 0.15) is 28.2 Å². The third-order valence-electron chi connectivity index (χ3n) is 5.07. The van der Waals surface area contributed by atoms with Gasteiger partial charge in [-0.1, -0.05) is 35.5 Å². The predicted molar refractivity (Wildman–Crippen MR) is 100 cm³/mol. The number of amides is 1. The third-order valence-corrected chi connectivity index (χ3v) is 5.07. The van der Waals surface area contributed by atoms with Crippen molar-refractivity contribution < 1.29 is 13.7 Å². The Morgan fingerprint density at radius 1 is 1.14 bits per heavy atom. The molecule has 0 aliphatic carbocycles. The minimum absolute atomic E-state index is 0.00676. The van der Waals surface area contributed by atoms with Gasteiger partial charge in [0.05, 0.1) is 0 Å². The van der Waals surface area contributed by atoms with Crippen molar-refractivity contribution in [1.29, 1.82) is 0 Å². The lowest BCUT2D eigenvalue weighted by Gasteiger charge is -2.17. The highest BCUT2D eigenvalue weighted by Crippen LogP contribution is 2.21. The van der Waals surface area contributed by atoms with Crippen molar-refractivity contribution in [2.45, 2.75) is 19.4 Å². The number of hydrogen-bond acceptors (Lipinski definition) is 4. The first-order valence-corrected chi connectivity index (χ1v) is 9.24. The molecule has 7 heteroatoms. The molecular weight excluding hydrogens is 361 g/mol. The summed E-state index contributed by atoms with van der Waals surface area (Å²) >= 11 is 0. The molecule has 1 saturated heterocycles. The van der Waals surface area contributed by atoms with Crippen LogP contribution in [-0.4, -0.2) is 33.6 Å². The molecule has 2 heterocycles. The number of hydrogen-bond donors (Lipinski definition) is 0. The van der Waals surface area contributed by atoms with Gasteiger partial charge in [0, 0.05) is 31.6 Å². The van der Waals surface area contributed by atoms with Crippen LogP contribution >= 0.6 is 0 Å². The molecule has 3 aromatic rings. The molecule has 2 aromatic carbocycles. The van der Waals surface area contributed by atoms with Crippen molar-refractivity contribution in [1.82, 2.24) is 14.6 Å². The Labute approximate surface area is 161 Å². The Morgan fingerprint density at radius 2 is 1.89 bits per heavy atom. The van der Waals surface area contributed by atoms with Gasteiger partial charge in [-0.25, -0.2) is 9.18 Å². The van der Waals surface area contributed by atoms with Crippen LogP contribution in [0, 0.1) is 11.7 Å². The summed E-state index contributed by atoms with van der Waals surface area (Å²) in [6.45, 7) is 1.69. The molecule has 1 unspecified atom stereocenters. The van der Waals surface area contributed by atoms with E-state index in [1.165, 1.54) is 16.7 Å². The Morgan fingerprint density at radius 3 is 2.64 bits per heavy atom. The van der Waals surface area contributed by atoms with E-state index in [1.807, 2.05) is 23.1 Å². The summed E-state index contributed by atoms with van der Waals surface area (Å²) in [6.07, 6.45) is 1.19. The van der Waals surface area contributed by atoms with E-state index in [-0.39, 0.29) is 17.6 Å². The SMILES string of the molecule is O=C(c1ccccc1)N1CCC(Cn2c(Cc3ccc(F)cc3)noc2=O)C1. The van der Waals surface area contributed by atoms with Gasteiger partial charge in [0.1, 0.15) is 5.82 Å². The van der Waals surface area contributed by atoms with E-state index in [4.69, 9.17) is 4.52 Å². The largest absolute Gasteiger partial charge is 0.441 e. The van der Waals surface area contributed by atoms with E-state index in [1.54, 1.807) is 24.3 Å².